The Kier molecular flexibility index (Phi) is 6.26. The van der Waals surface area contributed by atoms with Gasteiger partial charge < -0.3 is 10.6 Å². The van der Waals surface area contributed by atoms with E-state index in [9.17, 15) is 22.8 Å². The average Bonchev–Trinajstić information content (AvgIpc) is 2.59. The van der Waals surface area contributed by atoms with E-state index in [4.69, 9.17) is 11.6 Å². The monoisotopic (exact) mass is 384 g/mol. The lowest BCUT2D eigenvalue weighted by Crippen LogP contribution is -2.38. The molecule has 0 spiro atoms. The second-order valence-corrected chi connectivity index (χ2v) is 6.03. The van der Waals surface area contributed by atoms with E-state index in [0.29, 0.717) is 5.02 Å². The third-order valence-electron chi connectivity index (χ3n) is 3.63. The molecular formula is C18H16ClF3N2O2. The quantitative estimate of drug-likeness (QED) is 0.819. The predicted octanol–water partition coefficient (Wildman–Crippen LogP) is 3.97. The van der Waals surface area contributed by atoms with E-state index in [-0.39, 0.29) is 18.2 Å². The van der Waals surface area contributed by atoms with Crippen LogP contribution in [-0.4, -0.2) is 18.4 Å². The lowest BCUT2D eigenvalue weighted by atomic mass is 10.1. The van der Waals surface area contributed by atoms with Gasteiger partial charge in [-0.3, -0.25) is 9.59 Å². The maximum atomic E-state index is 12.5. The summed E-state index contributed by atoms with van der Waals surface area (Å²) in [5.74, 6) is -1.05. The largest absolute Gasteiger partial charge is 0.416 e. The third-order valence-corrected chi connectivity index (χ3v) is 3.88. The summed E-state index contributed by atoms with van der Waals surface area (Å²) in [6.45, 7) is 1.48. The van der Waals surface area contributed by atoms with Crippen LogP contribution in [0.5, 0.6) is 0 Å². The highest BCUT2D eigenvalue weighted by Crippen LogP contribution is 2.29. The fraction of sp³-hybridized carbons (Fsp3) is 0.222. The Labute approximate surface area is 153 Å². The van der Waals surface area contributed by atoms with Crippen molar-refractivity contribution in [3.05, 3.63) is 70.2 Å². The number of hydrogen-bond donors (Lipinski definition) is 2. The van der Waals surface area contributed by atoms with Gasteiger partial charge in [-0.05, 0) is 48.9 Å². The van der Waals surface area contributed by atoms with Crippen LogP contribution in [0.3, 0.4) is 0 Å². The molecule has 0 aliphatic rings. The first kappa shape index (κ1) is 19.8. The van der Waals surface area contributed by atoms with Gasteiger partial charge in [-0.25, -0.2) is 0 Å². The van der Waals surface area contributed by atoms with Gasteiger partial charge in [0.25, 0.3) is 5.91 Å². The number of hydrogen-bond acceptors (Lipinski definition) is 2. The molecule has 0 aliphatic heterocycles. The van der Waals surface area contributed by atoms with Gasteiger partial charge in [0.1, 0.15) is 0 Å². The van der Waals surface area contributed by atoms with Gasteiger partial charge in [0.15, 0.2) is 0 Å². The minimum atomic E-state index is -4.47. The van der Waals surface area contributed by atoms with E-state index in [1.807, 2.05) is 0 Å². The van der Waals surface area contributed by atoms with E-state index in [1.165, 1.54) is 0 Å². The maximum absolute atomic E-state index is 12.5. The van der Waals surface area contributed by atoms with E-state index in [0.717, 1.165) is 29.8 Å². The highest BCUT2D eigenvalue weighted by atomic mass is 35.5. The Hall–Kier alpha value is -2.54. The smallest absolute Gasteiger partial charge is 0.348 e. The van der Waals surface area contributed by atoms with E-state index in [1.54, 1.807) is 31.2 Å². The highest BCUT2D eigenvalue weighted by molar-refractivity contribution is 6.30. The van der Waals surface area contributed by atoms with E-state index < -0.39 is 23.6 Å². The highest BCUT2D eigenvalue weighted by Gasteiger charge is 2.30. The van der Waals surface area contributed by atoms with Crippen molar-refractivity contribution < 1.29 is 22.8 Å². The van der Waals surface area contributed by atoms with Crippen molar-refractivity contribution in [2.45, 2.75) is 19.1 Å². The molecule has 0 saturated heterocycles. The normalized spacial score (nSPS) is 12.3. The van der Waals surface area contributed by atoms with Crippen molar-refractivity contribution in [2.24, 2.45) is 0 Å². The number of benzene rings is 2. The Morgan fingerprint density at radius 1 is 1.04 bits per heavy atom. The van der Waals surface area contributed by atoms with Gasteiger partial charge in [-0.2, -0.15) is 13.2 Å². The van der Waals surface area contributed by atoms with Gasteiger partial charge in [0, 0.05) is 10.6 Å². The SMILES string of the molecule is C[C@H](NC(=O)CNC(=O)c1ccc(C(F)(F)F)cc1)c1ccc(Cl)cc1. The summed E-state index contributed by atoms with van der Waals surface area (Å²) < 4.78 is 37.5. The van der Waals surface area contributed by atoms with Crippen LogP contribution in [0, 0.1) is 0 Å². The molecule has 1 atom stereocenters. The van der Waals surface area contributed by atoms with Crippen LogP contribution in [0.25, 0.3) is 0 Å². The molecule has 0 heterocycles. The van der Waals surface area contributed by atoms with Gasteiger partial charge in [-0.15, -0.1) is 0 Å². The van der Waals surface area contributed by atoms with Crippen LogP contribution in [-0.2, 0) is 11.0 Å². The molecule has 0 unspecified atom stereocenters. The Balaban J connectivity index is 1.86. The van der Waals surface area contributed by atoms with Crippen LogP contribution in [0.2, 0.25) is 5.02 Å². The standard InChI is InChI=1S/C18H16ClF3N2O2/c1-11(12-4-8-15(19)9-5-12)24-16(25)10-23-17(26)13-2-6-14(7-3-13)18(20,21)22/h2-9,11H,10H2,1H3,(H,23,26)(H,24,25)/t11-/m0/s1. The average molecular weight is 385 g/mol. The third kappa shape index (κ3) is 5.49. The van der Waals surface area contributed by atoms with Crippen molar-refractivity contribution in [1.29, 1.82) is 0 Å². The molecule has 2 aromatic rings. The van der Waals surface area contributed by atoms with Crippen molar-refractivity contribution in [3.8, 4) is 0 Å². The first-order valence-corrected chi connectivity index (χ1v) is 8.05. The molecule has 2 aromatic carbocycles. The van der Waals surface area contributed by atoms with Crippen molar-refractivity contribution in [2.75, 3.05) is 6.54 Å². The number of halogens is 4. The minimum absolute atomic E-state index is 0.0385. The minimum Gasteiger partial charge on any atom is -0.348 e. The summed E-state index contributed by atoms with van der Waals surface area (Å²) >= 11 is 5.80. The summed E-state index contributed by atoms with van der Waals surface area (Å²) in [5.41, 5.74) is 0.0388. The molecule has 8 heteroatoms. The Morgan fingerprint density at radius 3 is 2.15 bits per heavy atom. The zero-order valence-electron chi connectivity index (χ0n) is 13.7. The molecule has 0 saturated carbocycles. The number of amides is 2. The maximum Gasteiger partial charge on any atom is 0.416 e. The van der Waals surface area contributed by atoms with Gasteiger partial charge in [-0.1, -0.05) is 23.7 Å². The van der Waals surface area contributed by atoms with Crippen LogP contribution in [0.15, 0.2) is 48.5 Å². The predicted molar refractivity (Wildman–Crippen MR) is 91.8 cm³/mol. The number of nitrogens with one attached hydrogen (secondary N) is 2. The fourth-order valence-electron chi connectivity index (χ4n) is 2.20. The molecule has 4 nitrogen and oxygen atoms in total. The summed E-state index contributed by atoms with van der Waals surface area (Å²) in [7, 11) is 0. The van der Waals surface area contributed by atoms with Crippen molar-refractivity contribution in [1.82, 2.24) is 10.6 Å². The fourth-order valence-corrected chi connectivity index (χ4v) is 2.33. The van der Waals surface area contributed by atoms with Crippen LogP contribution in [0.1, 0.15) is 34.5 Å². The molecule has 2 rings (SSSR count). The van der Waals surface area contributed by atoms with Crippen molar-refractivity contribution in [3.63, 3.8) is 0 Å². The molecule has 0 radical (unpaired) electrons. The first-order chi connectivity index (χ1) is 12.2. The molecular weight excluding hydrogens is 369 g/mol. The van der Waals surface area contributed by atoms with Gasteiger partial charge in [0.05, 0.1) is 18.2 Å². The second kappa shape index (κ2) is 8.23. The Bertz CT molecular complexity index is 775. The lowest BCUT2D eigenvalue weighted by Gasteiger charge is -2.15. The first-order valence-electron chi connectivity index (χ1n) is 7.67. The van der Waals surface area contributed by atoms with E-state index >= 15 is 0 Å². The van der Waals surface area contributed by atoms with Gasteiger partial charge >= 0.3 is 6.18 Å². The summed E-state index contributed by atoms with van der Waals surface area (Å²) in [6.07, 6.45) is -4.47. The molecule has 26 heavy (non-hydrogen) atoms. The van der Waals surface area contributed by atoms with E-state index in [2.05, 4.69) is 10.6 Å². The molecule has 0 aliphatic carbocycles. The topological polar surface area (TPSA) is 58.2 Å². The molecule has 2 amide bonds. The zero-order valence-corrected chi connectivity index (χ0v) is 14.5. The lowest BCUT2D eigenvalue weighted by molar-refractivity contribution is -0.137. The zero-order chi connectivity index (χ0) is 19.3. The van der Waals surface area contributed by atoms with Crippen LogP contribution in [0.4, 0.5) is 13.2 Å². The molecule has 138 valence electrons. The number of alkyl halides is 3. The number of rotatable bonds is 5. The second-order valence-electron chi connectivity index (χ2n) is 5.60. The Morgan fingerprint density at radius 2 is 1.62 bits per heavy atom. The van der Waals surface area contributed by atoms with Gasteiger partial charge in [0.2, 0.25) is 5.91 Å². The number of carbonyl (C=O) groups is 2. The van der Waals surface area contributed by atoms with Crippen molar-refractivity contribution >= 4 is 23.4 Å². The summed E-state index contributed by atoms with van der Waals surface area (Å²) in [5, 5.41) is 5.66. The summed E-state index contributed by atoms with van der Waals surface area (Å²) in [4.78, 5) is 23.8. The molecule has 0 aromatic heterocycles. The number of carbonyl (C=O) groups excluding carboxylic acids is 2. The molecule has 0 bridgehead atoms. The molecule has 0 fully saturated rings. The van der Waals surface area contributed by atoms with Crippen LogP contribution >= 0.6 is 11.6 Å². The summed E-state index contributed by atoms with van der Waals surface area (Å²) in [6, 6.07) is 10.4. The van der Waals surface area contributed by atoms with Crippen LogP contribution < -0.4 is 10.6 Å². The molecule has 2 N–H and O–H groups in total.